The lowest BCUT2D eigenvalue weighted by Gasteiger charge is -2.15. The Morgan fingerprint density at radius 1 is 1.00 bits per heavy atom. The molecule has 0 aromatic heterocycles. The maximum absolute atomic E-state index is 10.0. The van der Waals surface area contributed by atoms with Gasteiger partial charge in [-0.3, -0.25) is 9.59 Å². The van der Waals surface area contributed by atoms with Crippen molar-refractivity contribution in [1.29, 1.82) is 0 Å². The smallest absolute Gasteiger partial charge is 0.303 e. The second kappa shape index (κ2) is 8.26. The minimum absolute atomic E-state index is 0.151. The summed E-state index contributed by atoms with van der Waals surface area (Å²) in [6, 6.07) is 0. The largest absolute Gasteiger partial charge is 0.481 e. The molecule has 0 fully saturated rings. The number of carboxylic acids is 2. The molecule has 90 valence electrons. The van der Waals surface area contributed by atoms with Crippen molar-refractivity contribution in [2.75, 3.05) is 0 Å². The fraction of sp³-hybridized carbons (Fsp3) is 0.818. The number of hydrogen-bond acceptors (Lipinski definition) is 2. The fourth-order valence-electron chi connectivity index (χ4n) is 0.696. The zero-order valence-electron chi connectivity index (χ0n) is 10.0. The highest BCUT2D eigenvalue weighted by Crippen LogP contribution is 2.19. The Bertz CT molecular complexity index is 191. The van der Waals surface area contributed by atoms with Gasteiger partial charge in [-0.05, 0) is 18.3 Å². The summed E-state index contributed by atoms with van der Waals surface area (Å²) in [4.78, 5) is 19.6. The highest BCUT2D eigenvalue weighted by atomic mass is 16.4. The van der Waals surface area contributed by atoms with E-state index in [1.165, 1.54) is 0 Å². The van der Waals surface area contributed by atoms with Crippen LogP contribution in [0.15, 0.2) is 0 Å². The van der Waals surface area contributed by atoms with E-state index in [1.54, 1.807) is 0 Å². The molecule has 0 rings (SSSR count). The monoisotopic (exact) mass is 218 g/mol. The molecule has 0 bridgehead atoms. The Kier molecular flexibility index (Phi) is 9.02. The van der Waals surface area contributed by atoms with Crippen LogP contribution in [-0.2, 0) is 9.59 Å². The van der Waals surface area contributed by atoms with E-state index >= 15 is 0 Å². The summed E-state index contributed by atoms with van der Waals surface area (Å²) in [7, 11) is 0. The van der Waals surface area contributed by atoms with Gasteiger partial charge in [-0.2, -0.15) is 0 Å². The Labute approximate surface area is 91.3 Å². The van der Waals surface area contributed by atoms with Crippen molar-refractivity contribution >= 4 is 11.9 Å². The van der Waals surface area contributed by atoms with Gasteiger partial charge in [-0.1, -0.05) is 27.7 Å². The average Bonchev–Trinajstić information content (AvgIpc) is 2.00. The minimum atomic E-state index is -0.711. The second-order valence-electron chi connectivity index (χ2n) is 4.60. The summed E-state index contributed by atoms with van der Waals surface area (Å²) in [5.74, 6) is -1.41. The van der Waals surface area contributed by atoms with Gasteiger partial charge in [0.1, 0.15) is 0 Å². The van der Waals surface area contributed by atoms with E-state index in [4.69, 9.17) is 10.2 Å². The van der Waals surface area contributed by atoms with E-state index in [-0.39, 0.29) is 11.8 Å². The quantitative estimate of drug-likeness (QED) is 0.760. The predicted octanol–water partition coefficient (Wildman–Crippen LogP) is 2.77. The maximum Gasteiger partial charge on any atom is 0.303 e. The molecule has 0 aliphatic heterocycles. The molecule has 0 spiro atoms. The van der Waals surface area contributed by atoms with Crippen LogP contribution in [0.5, 0.6) is 0 Å². The van der Waals surface area contributed by atoms with Crippen molar-refractivity contribution in [3.63, 3.8) is 0 Å². The van der Waals surface area contributed by atoms with Crippen molar-refractivity contribution in [2.45, 2.75) is 53.4 Å². The standard InChI is InChI=1S/C7H14O2.C4H8O2/c1-7(2,3)5-4-6(8)9;1-2-3-4(5)6/h4-5H2,1-3H3,(H,8,9);2-3H2,1H3,(H,5,6). The molecule has 0 aliphatic rings. The van der Waals surface area contributed by atoms with Gasteiger partial charge in [0, 0.05) is 12.8 Å². The molecule has 4 heteroatoms. The zero-order chi connectivity index (χ0) is 12.5. The summed E-state index contributed by atoms with van der Waals surface area (Å²) < 4.78 is 0. The van der Waals surface area contributed by atoms with Crippen LogP contribution in [0.4, 0.5) is 0 Å². The van der Waals surface area contributed by atoms with Gasteiger partial charge in [0.25, 0.3) is 0 Å². The molecule has 0 unspecified atom stereocenters. The van der Waals surface area contributed by atoms with E-state index in [0.29, 0.717) is 6.42 Å². The van der Waals surface area contributed by atoms with Crippen LogP contribution >= 0.6 is 0 Å². The number of carbonyl (C=O) groups is 2. The first kappa shape index (κ1) is 16.4. The minimum Gasteiger partial charge on any atom is -0.481 e. The zero-order valence-corrected chi connectivity index (χ0v) is 10.0. The van der Waals surface area contributed by atoms with Crippen molar-refractivity contribution in [1.82, 2.24) is 0 Å². The summed E-state index contributed by atoms with van der Waals surface area (Å²) >= 11 is 0. The highest BCUT2D eigenvalue weighted by molar-refractivity contribution is 5.66. The molecule has 0 radical (unpaired) electrons. The SMILES string of the molecule is CC(C)(C)CCC(=O)O.CCCC(=O)O. The third kappa shape index (κ3) is 24.6. The molecule has 0 saturated carbocycles. The molecular weight excluding hydrogens is 196 g/mol. The van der Waals surface area contributed by atoms with Crippen LogP contribution in [0, 0.1) is 5.41 Å². The van der Waals surface area contributed by atoms with E-state index in [2.05, 4.69) is 0 Å². The van der Waals surface area contributed by atoms with Crippen LogP contribution in [0.25, 0.3) is 0 Å². The van der Waals surface area contributed by atoms with E-state index in [0.717, 1.165) is 12.8 Å². The third-order valence-electron chi connectivity index (χ3n) is 1.55. The molecule has 0 aromatic rings. The second-order valence-corrected chi connectivity index (χ2v) is 4.60. The Morgan fingerprint density at radius 3 is 1.47 bits per heavy atom. The maximum atomic E-state index is 10.0. The highest BCUT2D eigenvalue weighted by Gasteiger charge is 2.11. The Hall–Kier alpha value is -1.06. The van der Waals surface area contributed by atoms with Crippen LogP contribution in [0.1, 0.15) is 53.4 Å². The Morgan fingerprint density at radius 2 is 1.40 bits per heavy atom. The molecule has 0 amide bonds. The third-order valence-corrected chi connectivity index (χ3v) is 1.55. The molecule has 4 nitrogen and oxygen atoms in total. The van der Waals surface area contributed by atoms with Crippen molar-refractivity contribution < 1.29 is 19.8 Å². The van der Waals surface area contributed by atoms with Crippen LogP contribution < -0.4 is 0 Å². The summed E-state index contributed by atoms with van der Waals surface area (Å²) in [5.41, 5.74) is 0.151. The predicted molar refractivity (Wildman–Crippen MR) is 58.9 cm³/mol. The number of carboxylic acid groups (broad SMARTS) is 2. The van der Waals surface area contributed by atoms with Gasteiger partial charge in [-0.25, -0.2) is 0 Å². The van der Waals surface area contributed by atoms with Crippen LogP contribution in [0.3, 0.4) is 0 Å². The lowest BCUT2D eigenvalue weighted by molar-refractivity contribution is -0.138. The summed E-state index contributed by atoms with van der Waals surface area (Å²) in [6.45, 7) is 7.95. The van der Waals surface area contributed by atoms with Crippen molar-refractivity contribution in [3.8, 4) is 0 Å². The van der Waals surface area contributed by atoms with Crippen molar-refractivity contribution in [2.24, 2.45) is 5.41 Å². The molecule has 0 aromatic carbocycles. The molecule has 0 atom stereocenters. The van der Waals surface area contributed by atoms with Crippen LogP contribution in [-0.4, -0.2) is 22.2 Å². The summed E-state index contributed by atoms with van der Waals surface area (Å²) in [6.07, 6.45) is 2.06. The summed E-state index contributed by atoms with van der Waals surface area (Å²) in [5, 5.41) is 16.2. The van der Waals surface area contributed by atoms with Gasteiger partial charge < -0.3 is 10.2 Å². The van der Waals surface area contributed by atoms with Gasteiger partial charge in [-0.15, -0.1) is 0 Å². The first-order chi connectivity index (χ1) is 6.69. The first-order valence-corrected chi connectivity index (χ1v) is 5.12. The van der Waals surface area contributed by atoms with Gasteiger partial charge in [0.2, 0.25) is 0 Å². The topological polar surface area (TPSA) is 74.6 Å². The van der Waals surface area contributed by atoms with E-state index in [9.17, 15) is 9.59 Å². The molecule has 15 heavy (non-hydrogen) atoms. The van der Waals surface area contributed by atoms with E-state index in [1.807, 2.05) is 27.7 Å². The molecule has 0 saturated heterocycles. The van der Waals surface area contributed by atoms with Crippen molar-refractivity contribution in [3.05, 3.63) is 0 Å². The van der Waals surface area contributed by atoms with Gasteiger partial charge in [0.05, 0.1) is 0 Å². The average molecular weight is 218 g/mol. The van der Waals surface area contributed by atoms with Gasteiger partial charge in [0.15, 0.2) is 0 Å². The van der Waals surface area contributed by atoms with Gasteiger partial charge >= 0.3 is 11.9 Å². The lowest BCUT2D eigenvalue weighted by Crippen LogP contribution is -2.07. The molecule has 0 aliphatic carbocycles. The normalized spacial score (nSPS) is 10.1. The molecular formula is C11H22O4. The Balaban J connectivity index is 0. The first-order valence-electron chi connectivity index (χ1n) is 5.12. The number of hydrogen-bond donors (Lipinski definition) is 2. The number of aliphatic carboxylic acids is 2. The van der Waals surface area contributed by atoms with Crippen LogP contribution in [0.2, 0.25) is 0 Å². The number of rotatable bonds is 4. The fourth-order valence-corrected chi connectivity index (χ4v) is 0.696. The van der Waals surface area contributed by atoms with E-state index < -0.39 is 11.9 Å². The molecule has 2 N–H and O–H groups in total. The lowest BCUT2D eigenvalue weighted by atomic mass is 9.91. The molecule has 0 heterocycles.